The van der Waals surface area contributed by atoms with E-state index >= 15 is 0 Å². The van der Waals surface area contributed by atoms with Crippen LogP contribution in [0, 0.1) is 5.82 Å². The smallest absolute Gasteiger partial charge is 0.257 e. The van der Waals surface area contributed by atoms with Gasteiger partial charge in [-0.15, -0.1) is 11.3 Å². The molecule has 152 valence electrons. The quantitative estimate of drug-likeness (QED) is 0.613. The zero-order valence-electron chi connectivity index (χ0n) is 15.8. The zero-order chi connectivity index (χ0) is 21.0. The standard InChI is InChI=1S/C19H19FN4O3S2/c1-3-24(4-2)29(26,27)17-11-14(5-6-15(17)20)18(25)23-19-22-16(12-28-19)13-7-9-21-10-8-13/h5-12H,3-4H2,1-2H3,(H,22,23,25). The van der Waals surface area contributed by atoms with E-state index in [9.17, 15) is 17.6 Å². The molecule has 0 saturated heterocycles. The molecule has 3 rings (SSSR count). The van der Waals surface area contributed by atoms with Gasteiger partial charge in [-0.05, 0) is 30.3 Å². The van der Waals surface area contributed by atoms with Gasteiger partial charge in [0.2, 0.25) is 10.0 Å². The number of nitrogens with zero attached hydrogens (tertiary/aromatic N) is 3. The minimum Gasteiger partial charge on any atom is -0.298 e. The number of anilines is 1. The number of sulfonamides is 1. The van der Waals surface area contributed by atoms with E-state index in [2.05, 4.69) is 15.3 Å². The third-order valence-electron chi connectivity index (χ3n) is 4.22. The van der Waals surface area contributed by atoms with Gasteiger partial charge in [-0.2, -0.15) is 4.31 Å². The lowest BCUT2D eigenvalue weighted by molar-refractivity contribution is 0.102. The third kappa shape index (κ3) is 4.50. The second-order valence-electron chi connectivity index (χ2n) is 5.96. The maximum Gasteiger partial charge on any atom is 0.257 e. The highest BCUT2D eigenvalue weighted by molar-refractivity contribution is 7.89. The third-order valence-corrected chi connectivity index (χ3v) is 7.04. The highest BCUT2D eigenvalue weighted by Crippen LogP contribution is 2.25. The molecule has 0 aliphatic heterocycles. The van der Waals surface area contributed by atoms with Crippen molar-refractivity contribution in [3.8, 4) is 11.3 Å². The summed E-state index contributed by atoms with van der Waals surface area (Å²) in [5, 5.41) is 4.76. The Balaban J connectivity index is 1.85. The number of nitrogens with one attached hydrogen (secondary N) is 1. The fourth-order valence-electron chi connectivity index (χ4n) is 2.70. The molecule has 0 aliphatic rings. The van der Waals surface area contributed by atoms with Crippen LogP contribution in [0.25, 0.3) is 11.3 Å². The summed E-state index contributed by atoms with van der Waals surface area (Å²) in [5.41, 5.74) is 1.56. The Labute approximate surface area is 172 Å². The average molecular weight is 435 g/mol. The number of thiazole rings is 1. The maximum absolute atomic E-state index is 14.2. The number of amides is 1. The van der Waals surface area contributed by atoms with Crippen LogP contribution in [0.1, 0.15) is 24.2 Å². The Bertz CT molecular complexity index is 1110. The molecule has 2 heterocycles. The van der Waals surface area contributed by atoms with Crippen LogP contribution in [-0.4, -0.2) is 41.7 Å². The summed E-state index contributed by atoms with van der Waals surface area (Å²) in [6, 6.07) is 6.87. The predicted molar refractivity (Wildman–Crippen MR) is 110 cm³/mol. The van der Waals surface area contributed by atoms with Crippen molar-refractivity contribution < 1.29 is 17.6 Å². The minimum atomic E-state index is -4.03. The Kier molecular flexibility index (Phi) is 6.36. The molecule has 0 atom stereocenters. The molecule has 1 amide bonds. The molecule has 0 fully saturated rings. The summed E-state index contributed by atoms with van der Waals surface area (Å²) >= 11 is 1.23. The van der Waals surface area contributed by atoms with Crippen LogP contribution in [0.3, 0.4) is 0 Å². The van der Waals surface area contributed by atoms with E-state index in [-0.39, 0.29) is 18.7 Å². The molecular weight excluding hydrogens is 415 g/mol. The summed E-state index contributed by atoms with van der Waals surface area (Å²) in [6.07, 6.45) is 3.28. The SMILES string of the molecule is CCN(CC)S(=O)(=O)c1cc(C(=O)Nc2nc(-c3ccncc3)cs2)ccc1F. The van der Waals surface area contributed by atoms with Gasteiger partial charge in [0.15, 0.2) is 5.13 Å². The van der Waals surface area contributed by atoms with Crippen molar-refractivity contribution >= 4 is 32.4 Å². The van der Waals surface area contributed by atoms with Crippen LogP contribution in [0.2, 0.25) is 0 Å². The zero-order valence-corrected chi connectivity index (χ0v) is 17.4. The van der Waals surface area contributed by atoms with Gasteiger partial charge in [0.05, 0.1) is 5.69 Å². The number of hydrogen-bond donors (Lipinski definition) is 1. The van der Waals surface area contributed by atoms with Crippen molar-refractivity contribution in [3.63, 3.8) is 0 Å². The van der Waals surface area contributed by atoms with Gasteiger partial charge in [-0.1, -0.05) is 13.8 Å². The van der Waals surface area contributed by atoms with Gasteiger partial charge in [0.25, 0.3) is 5.91 Å². The molecule has 3 aromatic rings. The van der Waals surface area contributed by atoms with Crippen LogP contribution in [-0.2, 0) is 10.0 Å². The summed E-state index contributed by atoms with van der Waals surface area (Å²) in [7, 11) is -4.03. The van der Waals surface area contributed by atoms with Crippen LogP contribution >= 0.6 is 11.3 Å². The van der Waals surface area contributed by atoms with Crippen molar-refractivity contribution in [2.75, 3.05) is 18.4 Å². The fourth-order valence-corrected chi connectivity index (χ4v) is 4.96. The lowest BCUT2D eigenvalue weighted by Crippen LogP contribution is -2.31. The van der Waals surface area contributed by atoms with Crippen molar-refractivity contribution in [1.82, 2.24) is 14.3 Å². The molecule has 10 heteroatoms. The molecule has 0 aliphatic carbocycles. The van der Waals surface area contributed by atoms with Crippen molar-refractivity contribution in [3.05, 3.63) is 59.5 Å². The van der Waals surface area contributed by atoms with E-state index in [1.165, 1.54) is 17.4 Å². The highest BCUT2D eigenvalue weighted by Gasteiger charge is 2.26. The lowest BCUT2D eigenvalue weighted by atomic mass is 10.2. The summed E-state index contributed by atoms with van der Waals surface area (Å²) in [6.45, 7) is 3.73. The molecule has 29 heavy (non-hydrogen) atoms. The molecule has 1 aromatic carbocycles. The normalized spacial score (nSPS) is 11.6. The van der Waals surface area contributed by atoms with E-state index in [1.807, 2.05) is 0 Å². The fraction of sp³-hybridized carbons (Fsp3) is 0.211. The first-order chi connectivity index (χ1) is 13.9. The van der Waals surface area contributed by atoms with Crippen molar-refractivity contribution in [2.45, 2.75) is 18.7 Å². The second-order valence-corrected chi connectivity index (χ2v) is 8.73. The van der Waals surface area contributed by atoms with Crippen molar-refractivity contribution in [2.24, 2.45) is 0 Å². The van der Waals surface area contributed by atoms with Gasteiger partial charge in [0.1, 0.15) is 10.7 Å². The van der Waals surface area contributed by atoms with E-state index in [1.54, 1.807) is 43.8 Å². The first-order valence-corrected chi connectivity index (χ1v) is 11.2. The number of pyridine rings is 1. The van der Waals surface area contributed by atoms with Crippen LogP contribution < -0.4 is 5.32 Å². The van der Waals surface area contributed by atoms with Gasteiger partial charge in [-0.25, -0.2) is 17.8 Å². The highest BCUT2D eigenvalue weighted by atomic mass is 32.2. The monoisotopic (exact) mass is 434 g/mol. The Morgan fingerprint density at radius 1 is 1.17 bits per heavy atom. The molecule has 0 bridgehead atoms. The van der Waals surface area contributed by atoms with E-state index in [0.717, 1.165) is 22.0 Å². The van der Waals surface area contributed by atoms with E-state index < -0.39 is 26.6 Å². The predicted octanol–water partition coefficient (Wildman–Crippen LogP) is 3.63. The lowest BCUT2D eigenvalue weighted by Gasteiger charge is -2.19. The van der Waals surface area contributed by atoms with E-state index in [0.29, 0.717) is 10.8 Å². The Morgan fingerprint density at radius 2 is 1.86 bits per heavy atom. The number of carbonyl (C=O) groups excluding carboxylic acids is 1. The van der Waals surface area contributed by atoms with Gasteiger partial charge in [0, 0.05) is 42.0 Å². The number of halogens is 1. The van der Waals surface area contributed by atoms with Gasteiger partial charge in [-0.3, -0.25) is 15.1 Å². The summed E-state index contributed by atoms with van der Waals surface area (Å²) in [5.74, 6) is -1.47. The topological polar surface area (TPSA) is 92.3 Å². The molecule has 0 unspecified atom stereocenters. The molecule has 0 spiro atoms. The number of rotatable bonds is 7. The molecule has 0 saturated carbocycles. The largest absolute Gasteiger partial charge is 0.298 e. The minimum absolute atomic E-state index is 0.0257. The van der Waals surface area contributed by atoms with Gasteiger partial charge >= 0.3 is 0 Å². The van der Waals surface area contributed by atoms with E-state index in [4.69, 9.17) is 0 Å². The van der Waals surface area contributed by atoms with Crippen LogP contribution in [0.15, 0.2) is 53.0 Å². The molecule has 1 N–H and O–H groups in total. The molecule has 0 radical (unpaired) electrons. The van der Waals surface area contributed by atoms with Crippen LogP contribution in [0.5, 0.6) is 0 Å². The molecular formula is C19H19FN4O3S2. The summed E-state index contributed by atoms with van der Waals surface area (Å²) < 4.78 is 40.7. The summed E-state index contributed by atoms with van der Waals surface area (Å²) in [4.78, 5) is 20.3. The maximum atomic E-state index is 14.2. The molecule has 2 aromatic heterocycles. The first-order valence-electron chi connectivity index (χ1n) is 8.83. The Morgan fingerprint density at radius 3 is 2.52 bits per heavy atom. The number of benzene rings is 1. The number of hydrogen-bond acceptors (Lipinski definition) is 6. The number of carbonyl (C=O) groups is 1. The van der Waals surface area contributed by atoms with Crippen LogP contribution in [0.4, 0.5) is 9.52 Å². The average Bonchev–Trinajstić information content (AvgIpc) is 3.18. The van der Waals surface area contributed by atoms with Gasteiger partial charge < -0.3 is 0 Å². The first kappa shape index (κ1) is 21.0. The number of aromatic nitrogens is 2. The van der Waals surface area contributed by atoms with Crippen molar-refractivity contribution in [1.29, 1.82) is 0 Å². The Hall–Kier alpha value is -2.69. The second kappa shape index (κ2) is 8.76. The molecule has 7 nitrogen and oxygen atoms in total.